The fraction of sp³-hybridized carbons (Fsp3) is 0.304. The van der Waals surface area contributed by atoms with E-state index in [1.54, 1.807) is 7.11 Å². The third-order valence-corrected chi connectivity index (χ3v) is 6.72. The van der Waals surface area contributed by atoms with Crippen molar-refractivity contribution < 1.29 is 4.74 Å². The molecule has 1 saturated heterocycles. The fourth-order valence-corrected chi connectivity index (χ4v) is 5.40. The summed E-state index contributed by atoms with van der Waals surface area (Å²) in [6, 6.07) is 18.9. The Morgan fingerprint density at radius 3 is 2.62 bits per heavy atom. The molecule has 5 nitrogen and oxygen atoms in total. The van der Waals surface area contributed by atoms with Gasteiger partial charge >= 0.3 is 0 Å². The minimum atomic E-state index is -0.00232. The van der Waals surface area contributed by atoms with Gasteiger partial charge in [0.2, 0.25) is 0 Å². The zero-order valence-corrected chi connectivity index (χ0v) is 17.6. The highest BCUT2D eigenvalue weighted by molar-refractivity contribution is 8.14. The first-order valence-electron chi connectivity index (χ1n) is 9.90. The van der Waals surface area contributed by atoms with Crippen molar-refractivity contribution in [2.24, 2.45) is 4.99 Å². The molecule has 0 radical (unpaired) electrons. The Morgan fingerprint density at radius 1 is 1.07 bits per heavy atom. The van der Waals surface area contributed by atoms with Crippen molar-refractivity contribution >= 4 is 16.9 Å². The number of rotatable bonds is 4. The Balaban J connectivity index is 1.62. The van der Waals surface area contributed by atoms with Gasteiger partial charge in [0.15, 0.2) is 5.17 Å². The van der Waals surface area contributed by atoms with Gasteiger partial charge in [-0.05, 0) is 55.5 Å². The Morgan fingerprint density at radius 2 is 1.90 bits per heavy atom. The number of methoxy groups -OCH3 is 1. The third kappa shape index (κ3) is 3.12. The van der Waals surface area contributed by atoms with Gasteiger partial charge in [-0.1, -0.05) is 24.8 Å². The second kappa shape index (κ2) is 7.26. The van der Waals surface area contributed by atoms with E-state index in [-0.39, 0.29) is 12.1 Å². The predicted octanol–water partition coefficient (Wildman–Crippen LogP) is 4.78. The van der Waals surface area contributed by atoms with E-state index in [1.165, 1.54) is 11.4 Å². The van der Waals surface area contributed by atoms with E-state index in [0.29, 0.717) is 5.25 Å². The minimum Gasteiger partial charge on any atom is -0.497 e. The van der Waals surface area contributed by atoms with Crippen LogP contribution in [0.3, 0.4) is 0 Å². The van der Waals surface area contributed by atoms with Crippen molar-refractivity contribution in [1.82, 2.24) is 14.5 Å². The Hall–Kier alpha value is -2.73. The number of ether oxygens (including phenoxy) is 1. The molecule has 2 aliphatic heterocycles. The molecular formula is C23H24N4OS. The molecule has 0 amide bonds. The second-order valence-electron chi connectivity index (χ2n) is 7.57. The van der Waals surface area contributed by atoms with E-state index in [0.717, 1.165) is 28.8 Å². The molecule has 1 aromatic carbocycles. The van der Waals surface area contributed by atoms with Gasteiger partial charge in [0.25, 0.3) is 0 Å². The maximum Gasteiger partial charge on any atom is 0.160 e. The van der Waals surface area contributed by atoms with E-state index in [9.17, 15) is 0 Å². The molecule has 0 spiro atoms. The average Bonchev–Trinajstić information content (AvgIpc) is 3.40. The second-order valence-corrected chi connectivity index (χ2v) is 8.98. The maximum atomic E-state index is 5.34. The number of hydrogen-bond acceptors (Lipinski definition) is 5. The van der Waals surface area contributed by atoms with Crippen LogP contribution in [-0.4, -0.2) is 38.5 Å². The monoisotopic (exact) mass is 404 g/mol. The molecule has 0 unspecified atom stereocenters. The van der Waals surface area contributed by atoms with Gasteiger partial charge in [-0.3, -0.25) is 9.98 Å². The van der Waals surface area contributed by atoms with Crippen molar-refractivity contribution in [1.29, 1.82) is 0 Å². The third-order valence-electron chi connectivity index (χ3n) is 5.62. The van der Waals surface area contributed by atoms with Crippen LogP contribution in [0.5, 0.6) is 5.75 Å². The summed E-state index contributed by atoms with van der Waals surface area (Å²) in [5.74, 6) is 0.864. The Kier molecular flexibility index (Phi) is 4.59. The lowest BCUT2D eigenvalue weighted by atomic mass is 10.0. The van der Waals surface area contributed by atoms with Crippen LogP contribution in [0.2, 0.25) is 0 Å². The number of amidine groups is 1. The van der Waals surface area contributed by atoms with Crippen LogP contribution in [0.4, 0.5) is 0 Å². The van der Waals surface area contributed by atoms with Crippen molar-refractivity contribution in [2.45, 2.75) is 31.2 Å². The van der Waals surface area contributed by atoms with Gasteiger partial charge in [-0.25, -0.2) is 0 Å². The molecule has 148 valence electrons. The summed E-state index contributed by atoms with van der Waals surface area (Å²) in [6.07, 6.45) is 1.86. The summed E-state index contributed by atoms with van der Waals surface area (Å²) < 4.78 is 7.68. The van der Waals surface area contributed by atoms with Gasteiger partial charge in [-0.15, -0.1) is 0 Å². The lowest BCUT2D eigenvalue weighted by Gasteiger charge is -2.28. The molecule has 2 aliphatic rings. The summed E-state index contributed by atoms with van der Waals surface area (Å²) in [7, 11) is 1.70. The number of aliphatic imine (C=N–C) groups is 1. The highest BCUT2D eigenvalue weighted by Gasteiger charge is 2.44. The Bertz CT molecular complexity index is 1040. The van der Waals surface area contributed by atoms with Crippen molar-refractivity contribution in [3.8, 4) is 11.4 Å². The van der Waals surface area contributed by atoms with Gasteiger partial charge in [0.05, 0.1) is 18.8 Å². The lowest BCUT2D eigenvalue weighted by molar-refractivity contribution is 0.312. The highest BCUT2D eigenvalue weighted by atomic mass is 32.2. The maximum absolute atomic E-state index is 5.34. The van der Waals surface area contributed by atoms with Crippen LogP contribution in [0.15, 0.2) is 65.8 Å². The highest BCUT2D eigenvalue weighted by Crippen LogP contribution is 2.48. The van der Waals surface area contributed by atoms with Crippen molar-refractivity contribution in [2.75, 3.05) is 13.7 Å². The quantitative estimate of drug-likeness (QED) is 0.628. The number of aromatic nitrogens is 2. The molecule has 29 heavy (non-hydrogen) atoms. The number of aryl methyl sites for hydroxylation is 1. The van der Waals surface area contributed by atoms with E-state index < -0.39 is 0 Å². The van der Waals surface area contributed by atoms with E-state index in [1.807, 2.05) is 42.2 Å². The van der Waals surface area contributed by atoms with Crippen LogP contribution < -0.4 is 4.74 Å². The van der Waals surface area contributed by atoms with Gasteiger partial charge in [0, 0.05) is 35.1 Å². The summed E-state index contributed by atoms with van der Waals surface area (Å²) in [6.45, 7) is 5.43. The van der Waals surface area contributed by atoms with Crippen LogP contribution in [-0.2, 0) is 0 Å². The number of benzene rings is 1. The van der Waals surface area contributed by atoms with Crippen molar-refractivity contribution in [3.05, 3.63) is 77.9 Å². The van der Waals surface area contributed by atoms with E-state index in [2.05, 4.69) is 58.6 Å². The smallest absolute Gasteiger partial charge is 0.160 e. The molecule has 4 heterocycles. The van der Waals surface area contributed by atoms with Gasteiger partial charge in [0.1, 0.15) is 11.8 Å². The lowest BCUT2D eigenvalue weighted by Crippen LogP contribution is -2.30. The molecule has 0 saturated carbocycles. The van der Waals surface area contributed by atoms with Crippen LogP contribution in [0.1, 0.15) is 36.1 Å². The topological polar surface area (TPSA) is 42.6 Å². The first-order chi connectivity index (χ1) is 14.2. The van der Waals surface area contributed by atoms with Gasteiger partial charge in [-0.2, -0.15) is 0 Å². The standard InChI is InChI=1S/C23H24N4OS/c1-15-7-12-20(27(15)17-8-10-18(28-3)11-9-17)22-21(19-6-4-5-13-24-19)25-23-26(22)14-16(2)29-23/h4-13,16,21-22H,14H2,1-3H3/t16-,21-,22-/m1/s1. The van der Waals surface area contributed by atoms with Crippen molar-refractivity contribution in [3.63, 3.8) is 0 Å². The van der Waals surface area contributed by atoms with E-state index in [4.69, 9.17) is 9.73 Å². The minimum absolute atomic E-state index is 0.00232. The van der Waals surface area contributed by atoms with Gasteiger partial charge < -0.3 is 14.2 Å². The van der Waals surface area contributed by atoms with Crippen LogP contribution in [0.25, 0.3) is 5.69 Å². The molecule has 0 aliphatic carbocycles. The summed E-state index contributed by atoms with van der Waals surface area (Å²) in [5, 5.41) is 1.68. The number of hydrogen-bond donors (Lipinski definition) is 0. The normalized spacial score (nSPS) is 23.2. The molecule has 2 aromatic heterocycles. The molecule has 3 atom stereocenters. The molecular weight excluding hydrogens is 380 g/mol. The fourth-order valence-electron chi connectivity index (χ4n) is 4.31. The molecule has 5 rings (SSSR count). The Labute approximate surface area is 175 Å². The average molecular weight is 405 g/mol. The summed E-state index contributed by atoms with van der Waals surface area (Å²) in [5.41, 5.74) is 4.61. The number of thioether (sulfide) groups is 1. The largest absolute Gasteiger partial charge is 0.497 e. The number of nitrogens with zero attached hydrogens (tertiary/aromatic N) is 4. The first-order valence-corrected chi connectivity index (χ1v) is 10.8. The molecule has 6 heteroatoms. The molecule has 0 N–H and O–H groups in total. The number of pyridine rings is 1. The molecule has 1 fully saturated rings. The molecule has 0 bridgehead atoms. The van der Waals surface area contributed by atoms with Crippen LogP contribution in [0, 0.1) is 6.92 Å². The van der Waals surface area contributed by atoms with E-state index >= 15 is 0 Å². The van der Waals surface area contributed by atoms with Crippen LogP contribution >= 0.6 is 11.8 Å². The summed E-state index contributed by atoms with van der Waals surface area (Å²) in [4.78, 5) is 12.2. The zero-order chi connectivity index (χ0) is 20.0. The molecule has 3 aromatic rings. The first kappa shape index (κ1) is 18.3. The SMILES string of the molecule is COc1ccc(-n2c(C)ccc2[C@@H]2[C@@H](c3ccccn3)N=C3S[C@H](C)CN32)cc1. The summed E-state index contributed by atoms with van der Waals surface area (Å²) >= 11 is 1.87. The zero-order valence-electron chi connectivity index (χ0n) is 16.8. The number of fused-ring (bicyclic) bond motifs is 1. The predicted molar refractivity (Wildman–Crippen MR) is 118 cm³/mol.